The van der Waals surface area contributed by atoms with Crippen LogP contribution in [0, 0.1) is 12.7 Å². The van der Waals surface area contributed by atoms with Crippen LogP contribution in [0.15, 0.2) is 66.7 Å². The Kier molecular flexibility index (Phi) is 5.48. The fourth-order valence-corrected chi connectivity index (χ4v) is 3.36. The van der Waals surface area contributed by atoms with Crippen molar-refractivity contribution in [3.63, 3.8) is 0 Å². The number of hydrogen-bond acceptors (Lipinski definition) is 3. The van der Waals surface area contributed by atoms with Crippen molar-refractivity contribution in [2.75, 3.05) is 5.32 Å². The van der Waals surface area contributed by atoms with Crippen LogP contribution in [0.1, 0.15) is 39.1 Å². The third-order valence-corrected chi connectivity index (χ3v) is 5.56. The maximum absolute atomic E-state index is 13.4. The number of carbonyl (C=O) groups excluding carboxylic acids is 2. The van der Waals surface area contributed by atoms with Gasteiger partial charge in [-0.15, -0.1) is 0 Å². The Balaban J connectivity index is 1.41. The van der Waals surface area contributed by atoms with Crippen molar-refractivity contribution in [1.29, 1.82) is 0 Å². The summed E-state index contributed by atoms with van der Waals surface area (Å²) in [6.45, 7) is 1.60. The molecule has 0 aliphatic heterocycles. The molecule has 1 aliphatic carbocycles. The molecular weight excluding hydrogens is 411 g/mol. The van der Waals surface area contributed by atoms with Gasteiger partial charge in [0.15, 0.2) is 0 Å². The quantitative estimate of drug-likeness (QED) is 0.538. The fourth-order valence-electron chi connectivity index (χ4n) is 3.36. The zero-order valence-corrected chi connectivity index (χ0v) is 17.3. The number of carboxylic acids is 1. The lowest BCUT2D eigenvalue weighted by molar-refractivity contribution is -0.140. The summed E-state index contributed by atoms with van der Waals surface area (Å²) in [4.78, 5) is 35.9. The van der Waals surface area contributed by atoms with E-state index in [0.717, 1.165) is 11.1 Å². The summed E-state index contributed by atoms with van der Waals surface area (Å²) in [6, 6.07) is 18.3. The number of anilines is 1. The lowest BCUT2D eigenvalue weighted by atomic mass is 10.0. The number of hydrogen-bond donors (Lipinski definition) is 3. The number of aliphatic carboxylic acids is 1. The number of rotatable bonds is 6. The number of aryl methyl sites for hydroxylation is 1. The summed E-state index contributed by atoms with van der Waals surface area (Å²) in [5.41, 5.74) is 2.39. The Bertz CT molecular complexity index is 1200. The van der Waals surface area contributed by atoms with Crippen molar-refractivity contribution in [3.8, 4) is 11.1 Å². The Morgan fingerprint density at radius 1 is 0.844 bits per heavy atom. The molecule has 7 heteroatoms. The van der Waals surface area contributed by atoms with Crippen molar-refractivity contribution in [2.24, 2.45) is 0 Å². The van der Waals surface area contributed by atoms with E-state index in [2.05, 4.69) is 10.6 Å². The van der Waals surface area contributed by atoms with Crippen LogP contribution in [-0.2, 0) is 4.79 Å². The van der Waals surface area contributed by atoms with Gasteiger partial charge >= 0.3 is 5.97 Å². The first kappa shape index (κ1) is 21.2. The molecule has 1 saturated carbocycles. The zero-order chi connectivity index (χ0) is 22.9. The molecule has 6 nitrogen and oxygen atoms in total. The summed E-state index contributed by atoms with van der Waals surface area (Å²) >= 11 is 0. The molecular formula is C25H21FN2O4. The van der Waals surface area contributed by atoms with Crippen LogP contribution >= 0.6 is 0 Å². The van der Waals surface area contributed by atoms with Gasteiger partial charge in [0.25, 0.3) is 11.8 Å². The molecule has 1 aliphatic rings. The Morgan fingerprint density at radius 3 is 1.94 bits per heavy atom. The van der Waals surface area contributed by atoms with Crippen LogP contribution < -0.4 is 10.6 Å². The maximum Gasteiger partial charge on any atom is 0.329 e. The second kappa shape index (κ2) is 8.26. The lowest BCUT2D eigenvalue weighted by Crippen LogP contribution is -2.43. The van der Waals surface area contributed by atoms with Gasteiger partial charge in [-0.25, -0.2) is 9.18 Å². The molecule has 3 aromatic carbocycles. The molecule has 0 unspecified atom stereocenters. The van der Waals surface area contributed by atoms with Crippen LogP contribution in [-0.4, -0.2) is 28.4 Å². The Morgan fingerprint density at radius 2 is 1.41 bits per heavy atom. The zero-order valence-electron chi connectivity index (χ0n) is 17.3. The molecule has 0 atom stereocenters. The van der Waals surface area contributed by atoms with Crippen LogP contribution in [0.4, 0.5) is 10.1 Å². The van der Waals surface area contributed by atoms with Gasteiger partial charge in [0.05, 0.1) is 0 Å². The second-order valence-electron chi connectivity index (χ2n) is 7.91. The molecule has 2 amide bonds. The monoisotopic (exact) mass is 432 g/mol. The highest BCUT2D eigenvalue weighted by Crippen LogP contribution is 2.35. The first-order valence-electron chi connectivity index (χ1n) is 10.1. The summed E-state index contributed by atoms with van der Waals surface area (Å²) in [7, 11) is 0. The van der Waals surface area contributed by atoms with Crippen molar-refractivity contribution < 1.29 is 23.9 Å². The van der Waals surface area contributed by atoms with E-state index < -0.39 is 17.4 Å². The van der Waals surface area contributed by atoms with Crippen LogP contribution in [0.25, 0.3) is 11.1 Å². The molecule has 162 valence electrons. The van der Waals surface area contributed by atoms with E-state index in [0.29, 0.717) is 35.2 Å². The predicted octanol–water partition coefficient (Wildman–Crippen LogP) is 4.40. The predicted molar refractivity (Wildman–Crippen MR) is 118 cm³/mol. The molecule has 3 aromatic rings. The van der Waals surface area contributed by atoms with Crippen molar-refractivity contribution in [3.05, 3.63) is 89.2 Å². The van der Waals surface area contributed by atoms with Crippen LogP contribution in [0.5, 0.6) is 0 Å². The number of carboxylic acid groups (broad SMARTS) is 1. The minimum absolute atomic E-state index is 0.328. The minimum Gasteiger partial charge on any atom is -0.480 e. The van der Waals surface area contributed by atoms with E-state index in [1.807, 2.05) is 12.1 Å². The third-order valence-electron chi connectivity index (χ3n) is 5.56. The highest BCUT2D eigenvalue weighted by Gasteiger charge is 2.51. The maximum atomic E-state index is 13.4. The smallest absolute Gasteiger partial charge is 0.329 e. The highest BCUT2D eigenvalue weighted by atomic mass is 19.1. The largest absolute Gasteiger partial charge is 0.480 e. The third kappa shape index (κ3) is 4.37. The average Bonchev–Trinajstić information content (AvgIpc) is 3.57. The van der Waals surface area contributed by atoms with Crippen molar-refractivity contribution >= 4 is 23.5 Å². The van der Waals surface area contributed by atoms with E-state index in [1.165, 1.54) is 18.2 Å². The van der Waals surface area contributed by atoms with E-state index in [4.69, 9.17) is 0 Å². The molecule has 1 fully saturated rings. The number of nitrogens with one attached hydrogen (secondary N) is 2. The second-order valence-corrected chi connectivity index (χ2v) is 7.91. The first-order chi connectivity index (χ1) is 15.3. The van der Waals surface area contributed by atoms with E-state index in [1.54, 1.807) is 43.3 Å². The van der Waals surface area contributed by atoms with Crippen molar-refractivity contribution in [1.82, 2.24) is 5.32 Å². The summed E-state index contributed by atoms with van der Waals surface area (Å²) < 4.78 is 13.4. The molecule has 0 heterocycles. The van der Waals surface area contributed by atoms with Gasteiger partial charge in [0.1, 0.15) is 11.4 Å². The number of benzene rings is 3. The molecule has 0 bridgehead atoms. The SMILES string of the molecule is Cc1cc(C(=O)Nc2ccc(-c3ccc(C(=O)NC4(C(=O)O)CC4)cc3)cc2)ccc1F. The fraction of sp³-hybridized carbons (Fsp3) is 0.160. The van der Waals surface area contributed by atoms with E-state index >= 15 is 0 Å². The minimum atomic E-state index is -1.12. The van der Waals surface area contributed by atoms with Gasteiger partial charge in [-0.1, -0.05) is 24.3 Å². The first-order valence-corrected chi connectivity index (χ1v) is 10.1. The lowest BCUT2D eigenvalue weighted by Gasteiger charge is -2.12. The van der Waals surface area contributed by atoms with Gasteiger partial charge in [0, 0.05) is 16.8 Å². The van der Waals surface area contributed by atoms with Gasteiger partial charge < -0.3 is 15.7 Å². The normalized spacial score (nSPS) is 13.8. The number of carbonyl (C=O) groups is 3. The average molecular weight is 432 g/mol. The van der Waals surface area contributed by atoms with Crippen LogP contribution in [0.3, 0.4) is 0 Å². The van der Waals surface area contributed by atoms with Gasteiger partial charge in [-0.2, -0.15) is 0 Å². The summed E-state index contributed by atoms with van der Waals surface area (Å²) in [6.07, 6.45) is 0.881. The number of halogens is 1. The molecule has 32 heavy (non-hydrogen) atoms. The Labute approximate surface area is 184 Å². The van der Waals surface area contributed by atoms with Gasteiger partial charge in [-0.3, -0.25) is 9.59 Å². The standard InChI is InChI=1S/C25H21FN2O4/c1-15-14-19(8-11-21(15)26)22(29)27-20-9-6-17(7-10-20)16-2-4-18(5-3-16)23(30)28-25(12-13-25)24(31)32/h2-11,14H,12-13H2,1H3,(H,27,29)(H,28,30)(H,31,32). The van der Waals surface area contributed by atoms with Crippen molar-refractivity contribution in [2.45, 2.75) is 25.3 Å². The van der Waals surface area contributed by atoms with Gasteiger partial charge in [0.2, 0.25) is 0 Å². The highest BCUT2D eigenvalue weighted by molar-refractivity contribution is 6.04. The molecule has 0 radical (unpaired) electrons. The van der Waals surface area contributed by atoms with E-state index in [9.17, 15) is 23.9 Å². The van der Waals surface area contributed by atoms with Gasteiger partial charge in [-0.05, 0) is 78.9 Å². The molecule has 3 N–H and O–H groups in total. The summed E-state index contributed by atoms with van der Waals surface area (Å²) in [5, 5.41) is 14.6. The molecule has 0 spiro atoms. The molecule has 0 aromatic heterocycles. The summed E-state index contributed by atoms with van der Waals surface area (Å²) in [5.74, 6) is -2.11. The molecule has 4 rings (SSSR count). The van der Waals surface area contributed by atoms with Crippen LogP contribution in [0.2, 0.25) is 0 Å². The Hall–Kier alpha value is -4.00. The molecule has 0 saturated heterocycles. The topological polar surface area (TPSA) is 95.5 Å². The van der Waals surface area contributed by atoms with E-state index in [-0.39, 0.29) is 11.7 Å². The number of amides is 2.